The third-order valence-electron chi connectivity index (χ3n) is 5.13. The van der Waals surface area contributed by atoms with Crippen LogP contribution in [0, 0.1) is 5.92 Å². The molecule has 0 saturated heterocycles. The van der Waals surface area contributed by atoms with Crippen molar-refractivity contribution in [1.82, 2.24) is 4.72 Å². The summed E-state index contributed by atoms with van der Waals surface area (Å²) in [5, 5.41) is 0.926. The van der Waals surface area contributed by atoms with Gasteiger partial charge in [-0.15, -0.1) is 0 Å². The second-order valence-electron chi connectivity index (χ2n) is 7.49. The van der Waals surface area contributed by atoms with E-state index in [1.54, 1.807) is 67.6 Å². The van der Waals surface area contributed by atoms with Gasteiger partial charge in [0.25, 0.3) is 10.0 Å². The monoisotopic (exact) mass is 540 g/mol. The van der Waals surface area contributed by atoms with Gasteiger partial charge < -0.3 is 4.90 Å². The minimum Gasteiger partial charge on any atom is -0.312 e. The van der Waals surface area contributed by atoms with Gasteiger partial charge in [0.05, 0.1) is 5.41 Å². The van der Waals surface area contributed by atoms with Crippen molar-refractivity contribution in [2.75, 3.05) is 11.4 Å². The van der Waals surface area contributed by atoms with Crippen LogP contribution in [0.4, 0.5) is 5.69 Å². The third kappa shape index (κ3) is 6.88. The molecule has 176 valence electrons. The van der Waals surface area contributed by atoms with Gasteiger partial charge in [0, 0.05) is 16.7 Å². The van der Waals surface area contributed by atoms with Gasteiger partial charge in [-0.1, -0.05) is 82.7 Å². The van der Waals surface area contributed by atoms with E-state index in [0.717, 1.165) is 15.4 Å². The van der Waals surface area contributed by atoms with Crippen molar-refractivity contribution >= 4 is 49.5 Å². The van der Waals surface area contributed by atoms with E-state index in [4.69, 9.17) is 0 Å². The van der Waals surface area contributed by atoms with Crippen LogP contribution < -0.4 is 9.62 Å². The van der Waals surface area contributed by atoms with E-state index in [1.165, 1.54) is 11.0 Å². The number of sulfonamides is 1. The summed E-state index contributed by atoms with van der Waals surface area (Å²) >= 11 is 3.45. The topological polar surface area (TPSA) is 83.6 Å². The van der Waals surface area contributed by atoms with Crippen molar-refractivity contribution in [3.05, 3.63) is 106 Å². The first-order chi connectivity index (χ1) is 16.3. The van der Waals surface area contributed by atoms with Crippen molar-refractivity contribution in [1.29, 1.82) is 0 Å². The van der Waals surface area contributed by atoms with Crippen molar-refractivity contribution < 1.29 is 18.0 Å². The Bertz CT molecular complexity index is 1260. The fourth-order valence-corrected chi connectivity index (χ4v) is 4.69. The number of hydrogen-bond donors (Lipinski definition) is 1. The van der Waals surface area contributed by atoms with Crippen LogP contribution in [0.3, 0.4) is 0 Å². The smallest absolute Gasteiger partial charge is 0.257 e. The van der Waals surface area contributed by atoms with Crippen LogP contribution in [0.5, 0.6) is 0 Å². The zero-order chi connectivity index (χ0) is 24.6. The highest BCUT2D eigenvalue weighted by Crippen LogP contribution is 2.23. The number of para-hydroxylation sites is 1. The molecule has 1 atom stereocenters. The second kappa shape index (κ2) is 11.8. The summed E-state index contributed by atoms with van der Waals surface area (Å²) in [7, 11) is -4.12. The van der Waals surface area contributed by atoms with E-state index >= 15 is 0 Å². The zero-order valence-electron chi connectivity index (χ0n) is 18.6. The maximum Gasteiger partial charge on any atom is 0.257 e. The van der Waals surface area contributed by atoms with Crippen LogP contribution in [-0.4, -0.2) is 26.8 Å². The Morgan fingerprint density at radius 2 is 1.53 bits per heavy atom. The second-order valence-corrected chi connectivity index (χ2v) is 9.91. The Kier molecular flexibility index (Phi) is 8.79. The molecule has 1 unspecified atom stereocenters. The quantitative estimate of drug-likeness (QED) is 0.396. The summed E-state index contributed by atoms with van der Waals surface area (Å²) in [5.41, 5.74) is 2.02. The molecule has 3 rings (SSSR count). The van der Waals surface area contributed by atoms with E-state index in [-0.39, 0.29) is 6.42 Å². The maximum absolute atomic E-state index is 13.5. The van der Waals surface area contributed by atoms with Crippen molar-refractivity contribution in [3.63, 3.8) is 0 Å². The molecule has 0 heterocycles. The number of nitrogens with zero attached hydrogens (tertiary/aromatic N) is 1. The Labute approximate surface area is 208 Å². The van der Waals surface area contributed by atoms with Gasteiger partial charge >= 0.3 is 0 Å². The fraction of sp³-hybridized carbons (Fsp3) is 0.154. The fourth-order valence-electron chi connectivity index (χ4n) is 3.42. The van der Waals surface area contributed by atoms with E-state index in [1.807, 2.05) is 24.3 Å². The summed E-state index contributed by atoms with van der Waals surface area (Å²) in [4.78, 5) is 28.2. The lowest BCUT2D eigenvalue weighted by Gasteiger charge is -2.26. The van der Waals surface area contributed by atoms with E-state index < -0.39 is 27.8 Å². The largest absolute Gasteiger partial charge is 0.312 e. The Morgan fingerprint density at radius 1 is 0.941 bits per heavy atom. The van der Waals surface area contributed by atoms with Crippen LogP contribution >= 0.6 is 15.9 Å². The van der Waals surface area contributed by atoms with Crippen LogP contribution in [0.1, 0.15) is 18.1 Å². The number of carbonyl (C=O) groups is 2. The number of hydrogen-bond acceptors (Lipinski definition) is 4. The Morgan fingerprint density at radius 3 is 2.15 bits per heavy atom. The molecule has 0 aliphatic rings. The highest BCUT2D eigenvalue weighted by molar-refractivity contribution is 9.10. The Hall–Kier alpha value is -3.23. The molecule has 2 amide bonds. The molecule has 6 nitrogen and oxygen atoms in total. The van der Waals surface area contributed by atoms with Gasteiger partial charge in [-0.25, -0.2) is 13.1 Å². The number of halogens is 1. The number of rotatable bonds is 9. The predicted molar refractivity (Wildman–Crippen MR) is 138 cm³/mol. The van der Waals surface area contributed by atoms with Gasteiger partial charge in [-0.3, -0.25) is 9.59 Å². The van der Waals surface area contributed by atoms with Crippen LogP contribution in [0.25, 0.3) is 6.08 Å². The molecule has 0 spiro atoms. The lowest BCUT2D eigenvalue weighted by atomic mass is 9.97. The summed E-state index contributed by atoms with van der Waals surface area (Å²) in [6.45, 7) is 2.13. The van der Waals surface area contributed by atoms with Crippen LogP contribution in [-0.2, 0) is 26.0 Å². The minimum absolute atomic E-state index is 0.0351. The lowest BCUT2D eigenvalue weighted by molar-refractivity contribution is -0.132. The maximum atomic E-state index is 13.5. The van der Waals surface area contributed by atoms with Crippen LogP contribution in [0.15, 0.2) is 94.8 Å². The normalized spacial score (nSPS) is 12.3. The molecule has 0 aliphatic carbocycles. The molecule has 0 fully saturated rings. The molecule has 3 aromatic carbocycles. The molecule has 0 aromatic heterocycles. The number of benzene rings is 3. The van der Waals surface area contributed by atoms with E-state index in [9.17, 15) is 18.0 Å². The van der Waals surface area contributed by atoms with Crippen LogP contribution in [0.2, 0.25) is 0 Å². The summed E-state index contributed by atoms with van der Waals surface area (Å²) < 4.78 is 28.0. The summed E-state index contributed by atoms with van der Waals surface area (Å²) in [6, 6.07) is 25.1. The molecule has 0 aliphatic heterocycles. The third-order valence-corrected chi connectivity index (χ3v) is 6.88. The molecule has 0 bridgehead atoms. The highest BCUT2D eigenvalue weighted by Gasteiger charge is 2.33. The SMILES string of the molecule is CCN(C(=O)C(Cc1ccccc1Br)C(=O)NS(=O)(=O)/C=C/c1ccccc1)c1ccccc1. The number of amides is 2. The molecule has 0 radical (unpaired) electrons. The van der Waals surface area contributed by atoms with Gasteiger partial charge in [-0.2, -0.15) is 0 Å². The molecule has 1 N–H and O–H groups in total. The molecular formula is C26H25BrN2O4S. The standard InChI is InChI=1S/C26H25BrN2O4S/c1-2-29(22-14-7-4-8-15-22)26(31)23(19-21-13-9-10-16-24(21)27)25(30)28-34(32,33)18-17-20-11-5-3-6-12-20/h3-18,23H,2,19H2,1H3,(H,28,30)/b18-17+. The van der Waals surface area contributed by atoms with Crippen molar-refractivity contribution in [3.8, 4) is 0 Å². The van der Waals surface area contributed by atoms with Gasteiger partial charge in [0.2, 0.25) is 11.8 Å². The van der Waals surface area contributed by atoms with Gasteiger partial charge in [0.15, 0.2) is 0 Å². The number of carbonyl (C=O) groups excluding carboxylic acids is 2. The van der Waals surface area contributed by atoms with E-state index in [2.05, 4.69) is 20.7 Å². The zero-order valence-corrected chi connectivity index (χ0v) is 21.0. The number of anilines is 1. The number of nitrogens with one attached hydrogen (secondary N) is 1. The molecule has 8 heteroatoms. The van der Waals surface area contributed by atoms with Crippen molar-refractivity contribution in [2.45, 2.75) is 13.3 Å². The first-order valence-corrected chi connectivity index (χ1v) is 13.0. The molecule has 3 aromatic rings. The van der Waals surface area contributed by atoms with Crippen molar-refractivity contribution in [2.24, 2.45) is 5.92 Å². The lowest BCUT2D eigenvalue weighted by Crippen LogP contribution is -2.46. The molecule has 34 heavy (non-hydrogen) atoms. The summed E-state index contributed by atoms with van der Waals surface area (Å²) in [6.07, 6.45) is 1.43. The minimum atomic E-state index is -4.12. The van der Waals surface area contributed by atoms with Gasteiger partial charge in [0.1, 0.15) is 5.92 Å². The Balaban J connectivity index is 1.89. The average Bonchev–Trinajstić information content (AvgIpc) is 2.83. The predicted octanol–water partition coefficient (Wildman–Crippen LogP) is 4.78. The van der Waals surface area contributed by atoms with E-state index in [0.29, 0.717) is 17.8 Å². The average molecular weight is 541 g/mol. The highest BCUT2D eigenvalue weighted by atomic mass is 79.9. The molecular weight excluding hydrogens is 516 g/mol. The summed E-state index contributed by atoms with van der Waals surface area (Å²) in [5.74, 6) is -2.62. The molecule has 0 saturated carbocycles. The first-order valence-electron chi connectivity index (χ1n) is 10.7. The first kappa shape index (κ1) is 25.4. The van der Waals surface area contributed by atoms with Gasteiger partial charge in [-0.05, 0) is 48.7 Å².